The summed E-state index contributed by atoms with van der Waals surface area (Å²) < 4.78 is 42.7. The third kappa shape index (κ3) is 6.20. The molecular weight excluding hydrogens is 573 g/mol. The van der Waals surface area contributed by atoms with Gasteiger partial charge in [0.25, 0.3) is 5.91 Å². The van der Waals surface area contributed by atoms with Crippen molar-refractivity contribution in [1.82, 2.24) is 9.21 Å². The Hall–Kier alpha value is -2.92. The molecule has 2 heterocycles. The summed E-state index contributed by atoms with van der Waals surface area (Å²) in [7, 11) is -3.94. The summed E-state index contributed by atoms with van der Waals surface area (Å²) in [6, 6.07) is 19.3. The number of thioether (sulfide) groups is 1. The highest BCUT2D eigenvalue weighted by atomic mass is 35.5. The van der Waals surface area contributed by atoms with E-state index in [-0.39, 0.29) is 27.0 Å². The molecule has 7 nitrogen and oxygen atoms in total. The van der Waals surface area contributed by atoms with Gasteiger partial charge >= 0.3 is 0 Å². The number of nitrogens with one attached hydrogen (secondary N) is 1. The van der Waals surface area contributed by atoms with E-state index in [9.17, 15) is 22.4 Å². The molecule has 2 aliphatic heterocycles. The summed E-state index contributed by atoms with van der Waals surface area (Å²) in [5, 5.41) is 2.58. The first-order valence-corrected chi connectivity index (χ1v) is 16.0. The lowest BCUT2D eigenvalue weighted by atomic mass is 9.91. The second-order valence-corrected chi connectivity index (χ2v) is 13.3. The Bertz CT molecular complexity index is 1500. The van der Waals surface area contributed by atoms with Gasteiger partial charge < -0.3 is 10.2 Å². The maximum absolute atomic E-state index is 14.1. The Morgan fingerprint density at radius 3 is 2.42 bits per heavy atom. The average Bonchev–Trinajstić information content (AvgIpc) is 3.45. The Morgan fingerprint density at radius 2 is 1.70 bits per heavy atom. The number of sulfonamides is 1. The Labute approximate surface area is 242 Å². The van der Waals surface area contributed by atoms with Crippen LogP contribution in [0.2, 0.25) is 5.02 Å². The molecule has 5 rings (SSSR count). The van der Waals surface area contributed by atoms with E-state index in [0.717, 1.165) is 19.3 Å². The molecule has 40 heavy (non-hydrogen) atoms. The topological polar surface area (TPSA) is 86.8 Å². The maximum Gasteiger partial charge on any atom is 0.255 e. The van der Waals surface area contributed by atoms with Crippen LogP contribution < -0.4 is 5.32 Å². The number of carbonyl (C=O) groups excluding carboxylic acids is 2. The maximum atomic E-state index is 14.1. The van der Waals surface area contributed by atoms with Crippen LogP contribution in [0.15, 0.2) is 77.7 Å². The van der Waals surface area contributed by atoms with Gasteiger partial charge in [-0.25, -0.2) is 12.8 Å². The molecule has 0 spiro atoms. The van der Waals surface area contributed by atoms with Crippen LogP contribution in [0.5, 0.6) is 0 Å². The molecule has 0 aromatic heterocycles. The predicted octanol–water partition coefficient (Wildman–Crippen LogP) is 5.28. The van der Waals surface area contributed by atoms with Crippen molar-refractivity contribution in [3.05, 3.63) is 94.8 Å². The van der Waals surface area contributed by atoms with Crippen LogP contribution in [0.4, 0.5) is 10.1 Å². The van der Waals surface area contributed by atoms with Crippen LogP contribution in [0.25, 0.3) is 0 Å². The zero-order valence-corrected chi connectivity index (χ0v) is 24.0. The molecular formula is C29H29ClFN3O4S2. The number of hydrogen-bond acceptors (Lipinski definition) is 5. The first kappa shape index (κ1) is 28.6. The molecule has 1 N–H and O–H groups in total. The van der Waals surface area contributed by atoms with E-state index in [4.69, 9.17) is 11.6 Å². The van der Waals surface area contributed by atoms with Gasteiger partial charge in [-0.2, -0.15) is 4.31 Å². The van der Waals surface area contributed by atoms with E-state index in [1.807, 2.05) is 18.2 Å². The average molecular weight is 602 g/mol. The van der Waals surface area contributed by atoms with E-state index >= 15 is 0 Å². The molecule has 2 saturated heterocycles. The van der Waals surface area contributed by atoms with E-state index in [2.05, 4.69) is 17.4 Å². The van der Waals surface area contributed by atoms with Gasteiger partial charge in [-0.05, 0) is 61.1 Å². The highest BCUT2D eigenvalue weighted by Gasteiger charge is 2.37. The largest absolute Gasteiger partial charge is 0.322 e. The summed E-state index contributed by atoms with van der Waals surface area (Å²) in [6.07, 6.45) is 2.36. The van der Waals surface area contributed by atoms with Gasteiger partial charge in [0.2, 0.25) is 15.9 Å². The molecule has 0 radical (unpaired) electrons. The number of rotatable bonds is 7. The molecule has 2 fully saturated rings. The minimum atomic E-state index is -3.94. The number of para-hydroxylation sites is 1. The first-order chi connectivity index (χ1) is 19.2. The molecule has 3 aromatic rings. The first-order valence-electron chi connectivity index (χ1n) is 13.0. The van der Waals surface area contributed by atoms with Gasteiger partial charge in [0, 0.05) is 24.4 Å². The zero-order chi connectivity index (χ0) is 28.3. The van der Waals surface area contributed by atoms with Gasteiger partial charge in [0.05, 0.1) is 16.6 Å². The molecule has 0 bridgehead atoms. The molecule has 2 aliphatic rings. The van der Waals surface area contributed by atoms with Crippen molar-refractivity contribution in [3.8, 4) is 0 Å². The third-order valence-corrected chi connectivity index (χ3v) is 10.7. The van der Waals surface area contributed by atoms with Crippen LogP contribution >= 0.6 is 23.4 Å². The molecule has 1 atom stereocenters. The molecule has 2 amide bonds. The fraction of sp³-hybridized carbons (Fsp3) is 0.310. The number of carbonyl (C=O) groups is 2. The minimum Gasteiger partial charge on any atom is -0.322 e. The number of hydrogen-bond donors (Lipinski definition) is 1. The second-order valence-electron chi connectivity index (χ2n) is 9.94. The highest BCUT2D eigenvalue weighted by molar-refractivity contribution is 7.99. The quantitative estimate of drug-likeness (QED) is 0.398. The van der Waals surface area contributed by atoms with Gasteiger partial charge in [-0.1, -0.05) is 54.1 Å². The summed E-state index contributed by atoms with van der Waals surface area (Å²) in [6.45, 7) is 0.741. The number of amides is 2. The van der Waals surface area contributed by atoms with E-state index in [1.165, 1.54) is 62.9 Å². The summed E-state index contributed by atoms with van der Waals surface area (Å²) in [5.74, 6) is -0.610. The number of anilines is 1. The normalized spacial score (nSPS) is 18.6. The van der Waals surface area contributed by atoms with E-state index < -0.39 is 33.7 Å². The molecule has 1 unspecified atom stereocenters. The lowest BCUT2D eigenvalue weighted by Gasteiger charge is -2.31. The number of benzene rings is 3. The van der Waals surface area contributed by atoms with Crippen molar-refractivity contribution in [1.29, 1.82) is 0 Å². The zero-order valence-electron chi connectivity index (χ0n) is 21.6. The highest BCUT2D eigenvalue weighted by Crippen LogP contribution is 2.32. The van der Waals surface area contributed by atoms with Gasteiger partial charge in [0.15, 0.2) is 0 Å². The van der Waals surface area contributed by atoms with Crippen molar-refractivity contribution in [2.45, 2.75) is 30.2 Å². The van der Waals surface area contributed by atoms with E-state index in [1.54, 1.807) is 6.07 Å². The van der Waals surface area contributed by atoms with Crippen molar-refractivity contribution in [2.24, 2.45) is 5.92 Å². The predicted molar refractivity (Wildman–Crippen MR) is 155 cm³/mol. The van der Waals surface area contributed by atoms with Crippen LogP contribution in [-0.2, 0) is 21.2 Å². The summed E-state index contributed by atoms with van der Waals surface area (Å²) >= 11 is 7.74. The standard InChI is InChI=1S/C29H29ClFN3O4S2/c30-23-11-10-22(29(36)34-19-39-18-26(34)28(35)32-25-9-5-4-8-24(25)31)17-27(23)40(37,38)33-14-12-21(13-15-33)16-20-6-2-1-3-7-20/h1-11,17,21,26H,12-16,18-19H2,(H,32,35). The van der Waals surface area contributed by atoms with Crippen molar-refractivity contribution in [2.75, 3.05) is 30.0 Å². The lowest BCUT2D eigenvalue weighted by Crippen LogP contribution is -2.44. The number of nitrogens with zero attached hydrogens (tertiary/aromatic N) is 2. The lowest BCUT2D eigenvalue weighted by molar-refractivity contribution is -0.119. The minimum absolute atomic E-state index is 0.0317. The van der Waals surface area contributed by atoms with Crippen LogP contribution in [0.3, 0.4) is 0 Å². The number of piperidine rings is 1. The van der Waals surface area contributed by atoms with Gasteiger partial charge in [-0.15, -0.1) is 11.8 Å². The van der Waals surface area contributed by atoms with Gasteiger partial charge in [0.1, 0.15) is 16.8 Å². The Kier molecular flexibility index (Phi) is 8.80. The fourth-order valence-electron chi connectivity index (χ4n) is 5.08. The molecule has 3 aromatic carbocycles. The Morgan fingerprint density at radius 1 is 1.00 bits per heavy atom. The van der Waals surface area contributed by atoms with Crippen molar-refractivity contribution < 1.29 is 22.4 Å². The molecule has 210 valence electrons. The number of halogens is 2. The molecule has 0 aliphatic carbocycles. The summed E-state index contributed by atoms with van der Waals surface area (Å²) in [5.41, 5.74) is 1.39. The smallest absolute Gasteiger partial charge is 0.255 e. The SMILES string of the molecule is O=C(Nc1ccccc1F)C1CSCN1C(=O)c1ccc(Cl)c(S(=O)(=O)N2CCC(Cc3ccccc3)CC2)c1. The van der Waals surface area contributed by atoms with Gasteiger partial charge in [-0.3, -0.25) is 9.59 Å². The monoisotopic (exact) mass is 601 g/mol. The van der Waals surface area contributed by atoms with Crippen LogP contribution in [0.1, 0.15) is 28.8 Å². The van der Waals surface area contributed by atoms with E-state index in [0.29, 0.717) is 24.8 Å². The fourth-order valence-corrected chi connectivity index (χ4v) is 8.20. The Balaban J connectivity index is 1.29. The van der Waals surface area contributed by atoms with Crippen molar-refractivity contribution >= 4 is 50.9 Å². The van der Waals surface area contributed by atoms with Crippen LogP contribution in [0, 0.1) is 11.7 Å². The van der Waals surface area contributed by atoms with Crippen molar-refractivity contribution in [3.63, 3.8) is 0 Å². The summed E-state index contributed by atoms with van der Waals surface area (Å²) in [4.78, 5) is 27.7. The third-order valence-electron chi connectivity index (χ3n) is 7.31. The molecule has 0 saturated carbocycles. The van der Waals surface area contributed by atoms with Crippen LogP contribution in [-0.4, -0.2) is 60.2 Å². The molecule has 11 heteroatoms. The second kappa shape index (κ2) is 12.3.